The van der Waals surface area contributed by atoms with Gasteiger partial charge in [0.25, 0.3) is 0 Å². The fraction of sp³-hybridized carbons (Fsp3) is 0.435. The Morgan fingerprint density at radius 3 is 2.67 bits per heavy atom. The molecule has 0 saturated carbocycles. The fourth-order valence-electron chi connectivity index (χ4n) is 4.58. The monoisotopic (exact) mass is 408 g/mol. The molecule has 3 heterocycles. The number of aromatic amines is 1. The number of nitrogens with zero attached hydrogens (tertiary/aromatic N) is 3. The minimum absolute atomic E-state index is 0.00890. The number of piperazine rings is 1. The number of imidazole rings is 1. The molecule has 1 aromatic heterocycles. The van der Waals surface area contributed by atoms with E-state index < -0.39 is 0 Å². The summed E-state index contributed by atoms with van der Waals surface area (Å²) in [6.45, 7) is 6.64. The summed E-state index contributed by atoms with van der Waals surface area (Å²) in [5.41, 5.74) is 4.45. The van der Waals surface area contributed by atoms with Gasteiger partial charge in [0.15, 0.2) is 5.75 Å². The number of aromatic nitrogens is 2. The number of rotatable bonds is 6. The van der Waals surface area contributed by atoms with Crippen LogP contribution in [-0.2, 0) is 17.9 Å². The van der Waals surface area contributed by atoms with Crippen LogP contribution in [0, 0.1) is 0 Å². The lowest BCUT2D eigenvalue weighted by atomic mass is 10.1. The molecule has 2 aliphatic rings. The van der Waals surface area contributed by atoms with Crippen molar-refractivity contribution in [2.75, 3.05) is 44.2 Å². The smallest absolute Gasteiger partial charge is 0.326 e. The summed E-state index contributed by atoms with van der Waals surface area (Å²) in [4.78, 5) is 30.6. The van der Waals surface area contributed by atoms with E-state index in [1.54, 1.807) is 0 Å². The fourth-order valence-corrected chi connectivity index (χ4v) is 4.58. The maximum absolute atomic E-state index is 12.2. The van der Waals surface area contributed by atoms with E-state index in [0.29, 0.717) is 6.61 Å². The number of anilines is 1. The molecule has 0 radical (unpaired) electrons. The van der Waals surface area contributed by atoms with Gasteiger partial charge in [-0.05, 0) is 43.7 Å². The molecule has 30 heavy (non-hydrogen) atoms. The number of H-pyrrole nitrogens is 1. The second-order valence-corrected chi connectivity index (χ2v) is 8.04. The number of hydrogen-bond acceptors (Lipinski definition) is 5. The largest absolute Gasteiger partial charge is 0.369 e. The molecule has 158 valence electrons. The van der Waals surface area contributed by atoms with Crippen molar-refractivity contribution in [2.45, 2.75) is 25.8 Å². The van der Waals surface area contributed by atoms with Gasteiger partial charge in [0, 0.05) is 50.4 Å². The van der Waals surface area contributed by atoms with E-state index in [1.165, 1.54) is 11.3 Å². The van der Waals surface area contributed by atoms with Crippen molar-refractivity contribution in [3.63, 3.8) is 0 Å². The summed E-state index contributed by atoms with van der Waals surface area (Å²) < 4.78 is 1.86. The van der Waals surface area contributed by atoms with Crippen LogP contribution in [0.25, 0.3) is 11.0 Å². The van der Waals surface area contributed by atoms with Crippen molar-refractivity contribution in [1.29, 1.82) is 0 Å². The highest BCUT2D eigenvalue weighted by atomic mass is 17.2. The number of hydrogen-bond donors (Lipinski definition) is 1. The van der Waals surface area contributed by atoms with E-state index in [4.69, 9.17) is 9.78 Å². The minimum atomic E-state index is -0.00890. The van der Waals surface area contributed by atoms with E-state index in [-0.39, 0.29) is 5.69 Å². The quantitative estimate of drug-likeness (QED) is 0.502. The summed E-state index contributed by atoms with van der Waals surface area (Å²) >= 11 is 0. The van der Waals surface area contributed by atoms with Crippen molar-refractivity contribution in [1.82, 2.24) is 14.5 Å². The minimum Gasteiger partial charge on any atom is -0.369 e. The molecule has 5 rings (SSSR count). The maximum Gasteiger partial charge on any atom is 0.326 e. The number of fused-ring (bicyclic) bond motifs is 2. The third kappa shape index (κ3) is 3.82. The van der Waals surface area contributed by atoms with Gasteiger partial charge in [-0.25, -0.2) is 4.79 Å². The van der Waals surface area contributed by atoms with Crippen molar-refractivity contribution in [3.8, 4) is 5.75 Å². The predicted molar refractivity (Wildman–Crippen MR) is 117 cm³/mol. The molecule has 0 spiro atoms. The summed E-state index contributed by atoms with van der Waals surface area (Å²) in [6.07, 6.45) is 3.00. The van der Waals surface area contributed by atoms with Crippen LogP contribution in [-0.4, -0.2) is 53.8 Å². The molecule has 7 nitrogen and oxygen atoms in total. The zero-order valence-electron chi connectivity index (χ0n) is 17.2. The van der Waals surface area contributed by atoms with Crippen LogP contribution in [0.15, 0.2) is 47.3 Å². The second-order valence-electron chi connectivity index (χ2n) is 8.04. The Bertz CT molecular complexity index is 1070. The first kappa shape index (κ1) is 19.2. The highest BCUT2D eigenvalue weighted by molar-refractivity contribution is 5.74. The normalized spacial score (nSPS) is 17.1. The average Bonchev–Trinajstić information content (AvgIpc) is 3.12. The van der Waals surface area contributed by atoms with E-state index in [0.717, 1.165) is 75.3 Å². The van der Waals surface area contributed by atoms with Crippen LogP contribution in [0.3, 0.4) is 0 Å². The van der Waals surface area contributed by atoms with Gasteiger partial charge < -0.3 is 14.8 Å². The average molecular weight is 409 g/mol. The molecule has 7 heteroatoms. The van der Waals surface area contributed by atoms with Crippen LogP contribution < -0.4 is 15.5 Å². The SMILES string of the molecule is O=c1[nH]c2ccccc2n1CCCCN1CCN(c2cccc3c2CCOO3)CC1. The predicted octanol–water partition coefficient (Wildman–Crippen LogP) is 2.80. The Labute approximate surface area is 175 Å². The molecule has 2 aromatic carbocycles. The van der Waals surface area contributed by atoms with Crippen LogP contribution in [0.2, 0.25) is 0 Å². The summed E-state index contributed by atoms with van der Waals surface area (Å²) in [6, 6.07) is 14.1. The van der Waals surface area contributed by atoms with Crippen LogP contribution in [0.4, 0.5) is 5.69 Å². The lowest BCUT2D eigenvalue weighted by Crippen LogP contribution is -2.47. The molecule has 1 fully saturated rings. The van der Waals surface area contributed by atoms with Gasteiger partial charge in [0.1, 0.15) is 0 Å². The van der Waals surface area contributed by atoms with E-state index in [1.807, 2.05) is 41.0 Å². The molecule has 0 amide bonds. The van der Waals surface area contributed by atoms with Crippen LogP contribution >= 0.6 is 0 Å². The molecule has 3 aromatic rings. The number of benzene rings is 2. The Morgan fingerprint density at radius 2 is 1.77 bits per heavy atom. The van der Waals surface area contributed by atoms with Crippen molar-refractivity contribution in [2.24, 2.45) is 0 Å². The van der Waals surface area contributed by atoms with E-state index in [9.17, 15) is 4.79 Å². The number of aryl methyl sites for hydroxylation is 1. The summed E-state index contributed by atoms with van der Waals surface area (Å²) in [5, 5.41) is 0. The Balaban J connectivity index is 1.11. The van der Waals surface area contributed by atoms with Gasteiger partial charge in [-0.2, -0.15) is 4.89 Å². The first-order valence-corrected chi connectivity index (χ1v) is 10.9. The van der Waals surface area contributed by atoms with Gasteiger partial charge in [0.2, 0.25) is 0 Å². The number of unbranched alkanes of at least 4 members (excludes halogenated alkanes) is 1. The molecule has 0 bridgehead atoms. The molecular weight excluding hydrogens is 380 g/mol. The van der Waals surface area contributed by atoms with Crippen molar-refractivity contribution in [3.05, 3.63) is 58.5 Å². The van der Waals surface area contributed by atoms with Gasteiger partial charge >= 0.3 is 5.69 Å². The Hall–Kier alpha value is -2.77. The van der Waals surface area contributed by atoms with Gasteiger partial charge in [-0.3, -0.25) is 9.47 Å². The third-order valence-corrected chi connectivity index (χ3v) is 6.19. The first-order valence-electron chi connectivity index (χ1n) is 10.9. The maximum atomic E-state index is 12.2. The van der Waals surface area contributed by atoms with Crippen LogP contribution in [0.5, 0.6) is 5.75 Å². The number of nitrogens with one attached hydrogen (secondary N) is 1. The zero-order valence-corrected chi connectivity index (χ0v) is 17.2. The van der Waals surface area contributed by atoms with Gasteiger partial charge in [0.05, 0.1) is 17.6 Å². The molecule has 0 aliphatic carbocycles. The molecule has 1 saturated heterocycles. The molecule has 1 N–H and O–H groups in total. The highest BCUT2D eigenvalue weighted by Gasteiger charge is 2.22. The van der Waals surface area contributed by atoms with Crippen LogP contribution in [0.1, 0.15) is 18.4 Å². The zero-order chi connectivity index (χ0) is 20.3. The summed E-state index contributed by atoms with van der Waals surface area (Å²) in [5.74, 6) is 0.855. The van der Waals surface area contributed by atoms with Crippen molar-refractivity contribution >= 4 is 16.7 Å². The van der Waals surface area contributed by atoms with E-state index >= 15 is 0 Å². The van der Waals surface area contributed by atoms with Gasteiger partial charge in [-0.1, -0.05) is 18.2 Å². The second kappa shape index (κ2) is 8.53. The lowest BCUT2D eigenvalue weighted by molar-refractivity contribution is -0.215. The molecule has 0 atom stereocenters. The van der Waals surface area contributed by atoms with Gasteiger partial charge in [-0.15, -0.1) is 0 Å². The highest BCUT2D eigenvalue weighted by Crippen LogP contribution is 2.33. The van der Waals surface area contributed by atoms with Crippen molar-refractivity contribution < 1.29 is 9.78 Å². The van der Waals surface area contributed by atoms with E-state index in [2.05, 4.69) is 20.9 Å². The molecular formula is C23H28N4O3. The molecule has 2 aliphatic heterocycles. The first-order chi connectivity index (χ1) is 14.8. The summed E-state index contributed by atoms with van der Waals surface area (Å²) in [7, 11) is 0. The third-order valence-electron chi connectivity index (χ3n) is 6.19. The molecule has 0 unspecified atom stereocenters. The Kier molecular flexibility index (Phi) is 5.46. The number of para-hydroxylation sites is 2. The Morgan fingerprint density at radius 1 is 0.933 bits per heavy atom. The lowest BCUT2D eigenvalue weighted by Gasteiger charge is -2.37. The topological polar surface area (TPSA) is 62.7 Å². The standard InChI is InChI=1S/C23H28N4O3/c28-23-24-19-6-1-2-7-21(19)27(23)12-4-3-11-25-13-15-26(16-14-25)20-8-5-9-22-18(20)10-17-29-30-22/h1-2,5-9H,3-4,10-17H2,(H,24,28).